The molecule has 0 aromatic rings. The number of ketones is 1. The molecule has 0 bridgehead atoms. The summed E-state index contributed by atoms with van der Waals surface area (Å²) in [7, 11) is 0. The van der Waals surface area contributed by atoms with Crippen LogP contribution in [0.25, 0.3) is 0 Å². The van der Waals surface area contributed by atoms with Crippen molar-refractivity contribution in [3.05, 3.63) is 12.2 Å². The van der Waals surface area contributed by atoms with Gasteiger partial charge in [-0.05, 0) is 38.5 Å². The summed E-state index contributed by atoms with van der Waals surface area (Å²) in [6.45, 7) is 0. The number of Topliss-reactive ketones (excluding diaryl/α,β-unsaturated/α-hetero) is 1. The van der Waals surface area contributed by atoms with Crippen LogP contribution < -0.4 is 0 Å². The number of aliphatic hydroxyl groups is 2. The number of carbonyl (C=O) groups excluding carboxylic acids is 1. The fraction of sp³-hybridized carbons (Fsp3) is 0.769. The van der Waals surface area contributed by atoms with Gasteiger partial charge in [-0.3, -0.25) is 4.79 Å². The second-order valence-electron chi connectivity index (χ2n) is 5.02. The summed E-state index contributed by atoms with van der Waals surface area (Å²) in [6, 6.07) is 0. The zero-order chi connectivity index (χ0) is 11.5. The molecule has 0 spiro atoms. The number of hydrogen-bond acceptors (Lipinski definition) is 3. The average molecular weight is 224 g/mol. The van der Waals surface area contributed by atoms with Crippen molar-refractivity contribution in [1.29, 1.82) is 0 Å². The Labute approximate surface area is 96.2 Å². The Hall–Kier alpha value is -0.670. The van der Waals surface area contributed by atoms with Gasteiger partial charge in [0, 0.05) is 11.8 Å². The Morgan fingerprint density at radius 1 is 1.12 bits per heavy atom. The Balaban J connectivity index is 1.96. The molecule has 0 amide bonds. The predicted octanol–water partition coefficient (Wildman–Crippen LogP) is 1.43. The molecule has 90 valence electrons. The van der Waals surface area contributed by atoms with Crippen molar-refractivity contribution in [1.82, 2.24) is 0 Å². The minimum absolute atomic E-state index is 0.0971. The van der Waals surface area contributed by atoms with Crippen LogP contribution in [0.5, 0.6) is 0 Å². The molecular weight excluding hydrogens is 204 g/mol. The van der Waals surface area contributed by atoms with Crippen molar-refractivity contribution >= 4 is 5.78 Å². The van der Waals surface area contributed by atoms with E-state index in [4.69, 9.17) is 0 Å². The van der Waals surface area contributed by atoms with Gasteiger partial charge in [0.25, 0.3) is 0 Å². The minimum atomic E-state index is -0.637. The fourth-order valence-electron chi connectivity index (χ4n) is 2.81. The van der Waals surface area contributed by atoms with Gasteiger partial charge in [-0.25, -0.2) is 0 Å². The van der Waals surface area contributed by atoms with Gasteiger partial charge in [0.15, 0.2) is 0 Å². The van der Waals surface area contributed by atoms with Gasteiger partial charge in [-0.1, -0.05) is 12.2 Å². The Bertz CT molecular complexity index is 285. The monoisotopic (exact) mass is 224 g/mol. The van der Waals surface area contributed by atoms with E-state index in [1.165, 1.54) is 0 Å². The second kappa shape index (κ2) is 5.11. The van der Waals surface area contributed by atoms with Crippen LogP contribution in [0.15, 0.2) is 12.2 Å². The maximum Gasteiger partial charge on any atom is 0.141 e. The Morgan fingerprint density at radius 3 is 2.56 bits per heavy atom. The molecule has 3 nitrogen and oxygen atoms in total. The summed E-state index contributed by atoms with van der Waals surface area (Å²) < 4.78 is 0. The first-order valence-corrected chi connectivity index (χ1v) is 6.23. The highest BCUT2D eigenvalue weighted by atomic mass is 16.3. The standard InChI is InChI=1S/C13H20O3/c14-10-6-7-11(12(15)8-10)13(16)9-4-2-1-3-5-9/h1-2,9-12,14-15H,3-8H2. The van der Waals surface area contributed by atoms with Crippen molar-refractivity contribution in [2.24, 2.45) is 11.8 Å². The van der Waals surface area contributed by atoms with Gasteiger partial charge >= 0.3 is 0 Å². The van der Waals surface area contributed by atoms with Gasteiger partial charge in [-0.15, -0.1) is 0 Å². The third-order valence-corrected chi connectivity index (χ3v) is 3.83. The van der Waals surface area contributed by atoms with Gasteiger partial charge in [0.2, 0.25) is 0 Å². The van der Waals surface area contributed by atoms with E-state index in [1.54, 1.807) is 0 Å². The highest BCUT2D eigenvalue weighted by molar-refractivity contribution is 5.84. The van der Waals surface area contributed by atoms with Crippen molar-refractivity contribution in [3.8, 4) is 0 Å². The summed E-state index contributed by atoms with van der Waals surface area (Å²) in [5.41, 5.74) is 0. The third-order valence-electron chi connectivity index (χ3n) is 3.83. The van der Waals surface area contributed by atoms with E-state index in [-0.39, 0.29) is 17.6 Å². The van der Waals surface area contributed by atoms with Gasteiger partial charge < -0.3 is 10.2 Å². The zero-order valence-electron chi connectivity index (χ0n) is 9.51. The zero-order valence-corrected chi connectivity index (χ0v) is 9.51. The molecular formula is C13H20O3. The predicted molar refractivity (Wildman–Crippen MR) is 60.8 cm³/mol. The van der Waals surface area contributed by atoms with Crippen LogP contribution in [0.4, 0.5) is 0 Å². The molecule has 0 aromatic heterocycles. The lowest BCUT2D eigenvalue weighted by atomic mass is 9.76. The third kappa shape index (κ3) is 2.53. The van der Waals surface area contributed by atoms with Gasteiger partial charge in [0.05, 0.1) is 12.2 Å². The maximum absolute atomic E-state index is 12.2. The number of hydrogen-bond donors (Lipinski definition) is 2. The number of allylic oxidation sites excluding steroid dienone is 2. The van der Waals surface area contributed by atoms with Crippen LogP contribution in [0.2, 0.25) is 0 Å². The van der Waals surface area contributed by atoms with Crippen molar-refractivity contribution < 1.29 is 15.0 Å². The number of aliphatic hydroxyl groups excluding tert-OH is 2. The molecule has 0 aliphatic heterocycles. The smallest absolute Gasteiger partial charge is 0.141 e. The van der Waals surface area contributed by atoms with Crippen LogP contribution in [-0.4, -0.2) is 28.2 Å². The van der Waals surface area contributed by atoms with E-state index in [0.717, 1.165) is 19.3 Å². The van der Waals surface area contributed by atoms with E-state index in [0.29, 0.717) is 19.3 Å². The number of rotatable bonds is 2. The lowest BCUT2D eigenvalue weighted by molar-refractivity contribution is -0.133. The lowest BCUT2D eigenvalue weighted by Crippen LogP contribution is -2.39. The largest absolute Gasteiger partial charge is 0.393 e. The fourth-order valence-corrected chi connectivity index (χ4v) is 2.81. The normalized spacial score (nSPS) is 39.6. The second-order valence-corrected chi connectivity index (χ2v) is 5.02. The average Bonchev–Trinajstić information content (AvgIpc) is 2.29. The molecule has 1 saturated carbocycles. The van der Waals surface area contributed by atoms with Crippen molar-refractivity contribution in [3.63, 3.8) is 0 Å². The Morgan fingerprint density at radius 2 is 1.94 bits per heavy atom. The van der Waals surface area contributed by atoms with Crippen LogP contribution in [0.3, 0.4) is 0 Å². The van der Waals surface area contributed by atoms with E-state index < -0.39 is 12.2 Å². The lowest BCUT2D eigenvalue weighted by Gasteiger charge is -2.32. The van der Waals surface area contributed by atoms with Crippen LogP contribution in [0, 0.1) is 11.8 Å². The molecule has 0 heterocycles. The molecule has 2 rings (SSSR count). The first-order chi connectivity index (χ1) is 7.68. The topological polar surface area (TPSA) is 57.5 Å². The maximum atomic E-state index is 12.2. The molecule has 0 saturated heterocycles. The molecule has 2 aliphatic carbocycles. The first-order valence-electron chi connectivity index (χ1n) is 6.23. The highest BCUT2D eigenvalue weighted by Crippen LogP contribution is 2.31. The van der Waals surface area contributed by atoms with Crippen molar-refractivity contribution in [2.45, 2.75) is 50.7 Å². The van der Waals surface area contributed by atoms with Crippen LogP contribution >= 0.6 is 0 Å². The van der Waals surface area contributed by atoms with Crippen LogP contribution in [0.1, 0.15) is 38.5 Å². The quantitative estimate of drug-likeness (QED) is 0.698. The summed E-state index contributed by atoms with van der Waals surface area (Å²) in [6.07, 6.45) is 7.48. The van der Waals surface area contributed by atoms with Gasteiger partial charge in [-0.2, -0.15) is 0 Å². The van der Waals surface area contributed by atoms with E-state index in [2.05, 4.69) is 12.2 Å². The van der Waals surface area contributed by atoms with E-state index >= 15 is 0 Å². The SMILES string of the molecule is O=C(C1CC=CCC1)C1CCC(O)CC1O. The number of carbonyl (C=O) groups is 1. The molecule has 4 atom stereocenters. The molecule has 1 fully saturated rings. The molecule has 2 aliphatic rings. The first kappa shape index (κ1) is 11.8. The molecule has 3 heteroatoms. The summed E-state index contributed by atoms with van der Waals surface area (Å²) >= 11 is 0. The van der Waals surface area contributed by atoms with Crippen molar-refractivity contribution in [2.75, 3.05) is 0 Å². The minimum Gasteiger partial charge on any atom is -0.393 e. The Kier molecular flexibility index (Phi) is 3.77. The van der Waals surface area contributed by atoms with Crippen LogP contribution in [-0.2, 0) is 4.79 Å². The summed E-state index contributed by atoms with van der Waals surface area (Å²) in [5.74, 6) is 0.0727. The molecule has 0 radical (unpaired) electrons. The van der Waals surface area contributed by atoms with E-state index in [1.807, 2.05) is 0 Å². The highest BCUT2D eigenvalue weighted by Gasteiger charge is 2.36. The van der Waals surface area contributed by atoms with E-state index in [9.17, 15) is 15.0 Å². The summed E-state index contributed by atoms with van der Waals surface area (Å²) in [5, 5.41) is 19.2. The molecule has 4 unspecified atom stereocenters. The molecule has 16 heavy (non-hydrogen) atoms. The summed E-state index contributed by atoms with van der Waals surface area (Å²) in [4.78, 5) is 12.2. The van der Waals surface area contributed by atoms with Gasteiger partial charge in [0.1, 0.15) is 5.78 Å². The molecule has 0 aromatic carbocycles. The molecule has 2 N–H and O–H groups in total.